The van der Waals surface area contributed by atoms with Gasteiger partial charge in [-0.3, -0.25) is 0 Å². The lowest BCUT2D eigenvalue weighted by molar-refractivity contribution is -0.137. The van der Waals surface area contributed by atoms with Gasteiger partial charge in [-0.05, 0) is 48.7 Å². The summed E-state index contributed by atoms with van der Waals surface area (Å²) in [5.41, 5.74) is 1.37. The Morgan fingerprint density at radius 1 is 1.00 bits per heavy atom. The van der Waals surface area contributed by atoms with Gasteiger partial charge in [-0.25, -0.2) is 4.98 Å². The predicted molar refractivity (Wildman–Crippen MR) is 100 cm³/mol. The third-order valence-corrected chi connectivity index (χ3v) is 4.91. The molecular weight excluding hydrogens is 353 g/mol. The first-order chi connectivity index (χ1) is 13.0. The molecule has 1 aromatic heterocycles. The predicted octanol–water partition coefficient (Wildman–Crippen LogP) is 5.53. The summed E-state index contributed by atoms with van der Waals surface area (Å²) in [6.45, 7) is 1.71. The zero-order valence-corrected chi connectivity index (χ0v) is 14.9. The number of pyridine rings is 1. The lowest BCUT2D eigenvalue weighted by Gasteiger charge is -2.21. The second kappa shape index (κ2) is 6.76. The minimum absolute atomic E-state index is 0.525. The number of halogens is 3. The molecule has 27 heavy (non-hydrogen) atoms. The van der Waals surface area contributed by atoms with Crippen LogP contribution in [0.2, 0.25) is 0 Å². The van der Waals surface area contributed by atoms with E-state index < -0.39 is 11.7 Å². The molecule has 6 heteroatoms. The maximum absolute atomic E-state index is 13.2. The molecule has 0 spiro atoms. The first-order valence-electron chi connectivity index (χ1n) is 8.87. The van der Waals surface area contributed by atoms with Gasteiger partial charge in [0.05, 0.1) is 18.2 Å². The molecule has 140 valence electrons. The number of hydrogen-bond acceptors (Lipinski definition) is 3. The highest BCUT2D eigenvalue weighted by atomic mass is 19.4. The van der Waals surface area contributed by atoms with Crippen molar-refractivity contribution < 1.29 is 17.9 Å². The Balaban J connectivity index is 1.91. The maximum Gasteiger partial charge on any atom is 0.416 e. The van der Waals surface area contributed by atoms with Crippen molar-refractivity contribution in [3.8, 4) is 16.9 Å². The smallest absolute Gasteiger partial charge is 0.416 e. The molecular formula is C21H19F3N2O. The average molecular weight is 372 g/mol. The minimum atomic E-state index is -4.37. The highest BCUT2D eigenvalue weighted by Gasteiger charge is 2.31. The topological polar surface area (TPSA) is 25.4 Å². The molecule has 2 heterocycles. The van der Waals surface area contributed by atoms with E-state index in [0.717, 1.165) is 54.3 Å². The number of benzene rings is 2. The molecule has 2 aromatic carbocycles. The summed E-state index contributed by atoms with van der Waals surface area (Å²) in [5.74, 6) is 1.43. The molecule has 4 rings (SSSR count). The summed E-state index contributed by atoms with van der Waals surface area (Å²) in [4.78, 5) is 6.95. The second-order valence-corrected chi connectivity index (χ2v) is 6.69. The lowest BCUT2D eigenvalue weighted by atomic mass is 10.0. The Labute approximate surface area is 155 Å². The second-order valence-electron chi connectivity index (χ2n) is 6.69. The summed E-state index contributed by atoms with van der Waals surface area (Å²) in [6.07, 6.45) is -2.26. The van der Waals surface area contributed by atoms with Crippen molar-refractivity contribution in [3.05, 3.63) is 54.1 Å². The SMILES string of the molecule is COc1ccc2cc(-c3cccc(C(F)(F)F)c3)c(N3CCCC3)nc2c1. The van der Waals surface area contributed by atoms with Crippen molar-refractivity contribution in [1.29, 1.82) is 0 Å². The number of nitrogens with zero attached hydrogens (tertiary/aromatic N) is 2. The van der Waals surface area contributed by atoms with Gasteiger partial charge in [0.2, 0.25) is 0 Å². The molecule has 0 unspecified atom stereocenters. The van der Waals surface area contributed by atoms with Crippen molar-refractivity contribution in [2.45, 2.75) is 19.0 Å². The van der Waals surface area contributed by atoms with Gasteiger partial charge in [0.15, 0.2) is 0 Å². The molecule has 0 bridgehead atoms. The standard InChI is InChI=1S/C21H19F3N2O/c1-27-17-8-7-15-12-18(14-5-4-6-16(11-14)21(22,23)24)20(25-19(15)13-17)26-9-2-3-10-26/h4-8,11-13H,2-3,9-10H2,1H3. The summed E-state index contributed by atoms with van der Waals surface area (Å²) in [7, 11) is 1.60. The molecule has 0 radical (unpaired) electrons. The van der Waals surface area contributed by atoms with Gasteiger partial charge >= 0.3 is 6.18 Å². The van der Waals surface area contributed by atoms with E-state index in [1.807, 2.05) is 24.3 Å². The average Bonchev–Trinajstić information content (AvgIpc) is 3.20. The first kappa shape index (κ1) is 17.6. The van der Waals surface area contributed by atoms with E-state index in [0.29, 0.717) is 11.3 Å². The molecule has 1 fully saturated rings. The summed E-state index contributed by atoms with van der Waals surface area (Å²) < 4.78 is 44.8. The van der Waals surface area contributed by atoms with Crippen molar-refractivity contribution >= 4 is 16.7 Å². The fourth-order valence-electron chi connectivity index (χ4n) is 3.51. The van der Waals surface area contributed by atoms with E-state index in [-0.39, 0.29) is 0 Å². The number of alkyl halides is 3. The number of ether oxygens (including phenoxy) is 1. The van der Waals surface area contributed by atoms with Crippen LogP contribution in [0.25, 0.3) is 22.0 Å². The number of aromatic nitrogens is 1. The molecule has 1 aliphatic heterocycles. The van der Waals surface area contributed by atoms with E-state index in [2.05, 4.69) is 4.90 Å². The molecule has 1 saturated heterocycles. The van der Waals surface area contributed by atoms with Crippen LogP contribution in [0.4, 0.5) is 19.0 Å². The molecule has 1 aliphatic rings. The van der Waals surface area contributed by atoms with Gasteiger partial charge in [-0.2, -0.15) is 13.2 Å². The fraction of sp³-hybridized carbons (Fsp3) is 0.286. The van der Waals surface area contributed by atoms with Crippen LogP contribution >= 0.6 is 0 Å². The molecule has 0 atom stereocenters. The van der Waals surface area contributed by atoms with Crippen LogP contribution in [-0.2, 0) is 6.18 Å². The van der Waals surface area contributed by atoms with E-state index in [1.54, 1.807) is 13.2 Å². The highest BCUT2D eigenvalue weighted by Crippen LogP contribution is 2.37. The number of hydrogen-bond donors (Lipinski definition) is 0. The van der Waals surface area contributed by atoms with Crippen LogP contribution in [0.3, 0.4) is 0 Å². The number of fused-ring (bicyclic) bond motifs is 1. The van der Waals surface area contributed by atoms with Crippen molar-refractivity contribution in [2.75, 3.05) is 25.1 Å². The van der Waals surface area contributed by atoms with E-state index in [4.69, 9.17) is 9.72 Å². The quantitative estimate of drug-likeness (QED) is 0.604. The molecule has 3 aromatic rings. The lowest BCUT2D eigenvalue weighted by Crippen LogP contribution is -2.20. The first-order valence-corrected chi connectivity index (χ1v) is 8.87. The normalized spacial score (nSPS) is 14.7. The van der Waals surface area contributed by atoms with Gasteiger partial charge in [0.25, 0.3) is 0 Å². The van der Waals surface area contributed by atoms with Gasteiger partial charge in [-0.1, -0.05) is 12.1 Å². The Morgan fingerprint density at radius 2 is 1.78 bits per heavy atom. The summed E-state index contributed by atoms with van der Waals surface area (Å²) >= 11 is 0. The molecule has 3 nitrogen and oxygen atoms in total. The van der Waals surface area contributed by atoms with E-state index >= 15 is 0 Å². The molecule has 0 N–H and O–H groups in total. The van der Waals surface area contributed by atoms with Crippen molar-refractivity contribution in [2.24, 2.45) is 0 Å². The van der Waals surface area contributed by atoms with Crippen LogP contribution in [0, 0.1) is 0 Å². The number of anilines is 1. The fourth-order valence-corrected chi connectivity index (χ4v) is 3.51. The zero-order valence-electron chi connectivity index (χ0n) is 14.9. The van der Waals surface area contributed by atoms with Gasteiger partial charge in [-0.15, -0.1) is 0 Å². The van der Waals surface area contributed by atoms with Crippen LogP contribution in [0.5, 0.6) is 5.75 Å². The van der Waals surface area contributed by atoms with E-state index in [1.165, 1.54) is 12.1 Å². The molecule has 0 amide bonds. The van der Waals surface area contributed by atoms with Crippen LogP contribution in [0.1, 0.15) is 18.4 Å². The summed E-state index contributed by atoms with van der Waals surface area (Å²) in [6, 6.07) is 12.9. The zero-order chi connectivity index (χ0) is 19.0. The Morgan fingerprint density at radius 3 is 2.48 bits per heavy atom. The molecule has 0 saturated carbocycles. The third-order valence-electron chi connectivity index (χ3n) is 4.91. The molecule has 0 aliphatic carbocycles. The van der Waals surface area contributed by atoms with E-state index in [9.17, 15) is 13.2 Å². The number of methoxy groups -OCH3 is 1. The minimum Gasteiger partial charge on any atom is -0.497 e. The van der Waals surface area contributed by atoms with Crippen LogP contribution in [0.15, 0.2) is 48.5 Å². The Kier molecular flexibility index (Phi) is 4.42. The highest BCUT2D eigenvalue weighted by molar-refractivity contribution is 5.90. The van der Waals surface area contributed by atoms with Crippen LogP contribution in [-0.4, -0.2) is 25.2 Å². The van der Waals surface area contributed by atoms with Gasteiger partial charge < -0.3 is 9.64 Å². The third kappa shape index (κ3) is 3.44. The Bertz CT molecular complexity index is 979. The Hall–Kier alpha value is -2.76. The monoisotopic (exact) mass is 372 g/mol. The maximum atomic E-state index is 13.2. The van der Waals surface area contributed by atoms with Crippen LogP contribution < -0.4 is 9.64 Å². The van der Waals surface area contributed by atoms with Gasteiger partial charge in [0, 0.05) is 30.1 Å². The number of rotatable bonds is 3. The van der Waals surface area contributed by atoms with Crippen molar-refractivity contribution in [1.82, 2.24) is 4.98 Å². The van der Waals surface area contributed by atoms with Gasteiger partial charge in [0.1, 0.15) is 11.6 Å². The largest absolute Gasteiger partial charge is 0.497 e. The summed E-state index contributed by atoms with van der Waals surface area (Å²) in [5, 5.41) is 0.867. The van der Waals surface area contributed by atoms with Crippen molar-refractivity contribution in [3.63, 3.8) is 0 Å².